The molecule has 5 nitrogen and oxygen atoms in total. The molecule has 0 amide bonds. The fourth-order valence-electron chi connectivity index (χ4n) is 2.58. The zero-order valence-electron chi connectivity index (χ0n) is 14.7. The van der Waals surface area contributed by atoms with Gasteiger partial charge in [-0.2, -0.15) is 5.10 Å². The van der Waals surface area contributed by atoms with Crippen LogP contribution in [0.5, 0.6) is 5.75 Å². The summed E-state index contributed by atoms with van der Waals surface area (Å²) in [6.45, 7) is 2.94. The van der Waals surface area contributed by atoms with E-state index in [-0.39, 0.29) is 10.8 Å². The van der Waals surface area contributed by atoms with Crippen LogP contribution < -0.4 is 9.15 Å². The van der Waals surface area contributed by atoms with Gasteiger partial charge in [0.15, 0.2) is 0 Å². The first-order chi connectivity index (χ1) is 12.7. The van der Waals surface area contributed by atoms with Crippen molar-refractivity contribution >= 4 is 29.8 Å². The highest BCUT2D eigenvalue weighted by Crippen LogP contribution is 2.39. The van der Waals surface area contributed by atoms with E-state index >= 15 is 0 Å². The van der Waals surface area contributed by atoms with E-state index in [0.29, 0.717) is 0 Å². The molecule has 1 atom stereocenters. The third-order valence-electron chi connectivity index (χ3n) is 4.08. The molecule has 0 radical (unpaired) electrons. The molecule has 1 unspecified atom stereocenters. The number of carbonyl (C=O) groups is 1. The van der Waals surface area contributed by atoms with Gasteiger partial charge in [-0.25, -0.2) is 9.21 Å². The molecule has 3 rings (SSSR count). The molecule has 0 spiro atoms. The normalized spacial score (nSPS) is 16.0. The second-order valence-corrected chi connectivity index (χ2v) is 7.10. The maximum absolute atomic E-state index is 10.9. The first-order valence-corrected chi connectivity index (χ1v) is 9.58. The van der Waals surface area contributed by atoms with Crippen molar-refractivity contribution in [2.24, 2.45) is 5.10 Å². The summed E-state index contributed by atoms with van der Waals surface area (Å²) in [6, 6.07) is 14.8. The number of benzene rings is 2. The van der Waals surface area contributed by atoms with Crippen LogP contribution in [-0.2, 0) is 0 Å². The lowest BCUT2D eigenvalue weighted by molar-refractivity contribution is 0.0697. The average molecular weight is 370 g/mol. The lowest BCUT2D eigenvalue weighted by Crippen LogP contribution is -2.03. The fourth-order valence-corrected chi connectivity index (χ4v) is 3.54. The Bertz CT molecular complexity index is 760. The van der Waals surface area contributed by atoms with Gasteiger partial charge in [-0.15, -0.1) is 0 Å². The Hall–Kier alpha value is -2.47. The zero-order chi connectivity index (χ0) is 18.4. The standard InChI is InChI=1S/C20H22N2O3S/c1-2-3-4-13-25-18-11-7-15(8-12-18)19-14-21-22(26-19)17-9-5-16(6-10-17)20(23)24/h5-12,14,19H,2-4,13H2,1H3,(H,23,24). The van der Waals surface area contributed by atoms with Crippen LogP contribution >= 0.6 is 11.9 Å². The van der Waals surface area contributed by atoms with Crippen LogP contribution in [0.15, 0.2) is 53.6 Å². The number of aromatic carboxylic acids is 1. The molecule has 1 aliphatic heterocycles. The van der Waals surface area contributed by atoms with Gasteiger partial charge >= 0.3 is 5.97 Å². The Morgan fingerprint density at radius 2 is 1.88 bits per heavy atom. The summed E-state index contributed by atoms with van der Waals surface area (Å²) in [4.78, 5) is 10.9. The van der Waals surface area contributed by atoms with E-state index in [0.717, 1.165) is 30.0 Å². The van der Waals surface area contributed by atoms with Crippen molar-refractivity contribution in [3.8, 4) is 5.75 Å². The average Bonchev–Trinajstić information content (AvgIpc) is 3.16. The van der Waals surface area contributed by atoms with Crippen molar-refractivity contribution in [2.75, 3.05) is 11.0 Å². The molecule has 136 valence electrons. The molecule has 1 N–H and O–H groups in total. The topological polar surface area (TPSA) is 62.1 Å². The molecule has 6 heteroatoms. The van der Waals surface area contributed by atoms with Gasteiger partial charge in [0.2, 0.25) is 0 Å². The summed E-state index contributed by atoms with van der Waals surface area (Å²) in [7, 11) is 0. The van der Waals surface area contributed by atoms with Gasteiger partial charge in [0, 0.05) is 6.21 Å². The predicted octanol–water partition coefficient (Wildman–Crippen LogP) is 5.15. The summed E-state index contributed by atoms with van der Waals surface area (Å²) in [5.41, 5.74) is 2.28. The smallest absolute Gasteiger partial charge is 0.335 e. The third kappa shape index (κ3) is 4.58. The number of hydrazone groups is 1. The molecule has 0 aromatic heterocycles. The van der Waals surface area contributed by atoms with Gasteiger partial charge < -0.3 is 9.84 Å². The first kappa shape index (κ1) is 18.3. The van der Waals surface area contributed by atoms with Gasteiger partial charge in [0.25, 0.3) is 0 Å². The maximum Gasteiger partial charge on any atom is 0.335 e. The quantitative estimate of drug-likeness (QED) is 0.514. The molecule has 2 aromatic rings. The molecular weight excluding hydrogens is 348 g/mol. The van der Waals surface area contributed by atoms with Crippen molar-refractivity contribution in [2.45, 2.75) is 31.4 Å². The van der Waals surface area contributed by atoms with Gasteiger partial charge in [0.1, 0.15) is 5.75 Å². The van der Waals surface area contributed by atoms with Crippen molar-refractivity contribution in [1.29, 1.82) is 0 Å². The molecule has 1 heterocycles. The lowest BCUT2D eigenvalue weighted by Gasteiger charge is -2.15. The van der Waals surface area contributed by atoms with Crippen LogP contribution in [-0.4, -0.2) is 23.9 Å². The highest BCUT2D eigenvalue weighted by atomic mass is 32.2. The van der Waals surface area contributed by atoms with E-state index in [4.69, 9.17) is 9.84 Å². The maximum atomic E-state index is 10.9. The predicted molar refractivity (Wildman–Crippen MR) is 106 cm³/mol. The summed E-state index contributed by atoms with van der Waals surface area (Å²) in [5.74, 6) is -0.0325. The summed E-state index contributed by atoms with van der Waals surface area (Å²) >= 11 is 1.58. The van der Waals surface area contributed by atoms with Crippen LogP contribution in [0.25, 0.3) is 0 Å². The summed E-state index contributed by atoms with van der Waals surface area (Å²) < 4.78 is 7.56. The van der Waals surface area contributed by atoms with Crippen molar-refractivity contribution in [3.05, 3.63) is 59.7 Å². The minimum atomic E-state index is -0.927. The Kier molecular flexibility index (Phi) is 6.17. The van der Waals surface area contributed by atoms with Gasteiger partial charge in [-0.05, 0) is 60.3 Å². The van der Waals surface area contributed by atoms with Crippen LogP contribution in [0.4, 0.5) is 5.69 Å². The fraction of sp³-hybridized carbons (Fsp3) is 0.300. The Morgan fingerprint density at radius 1 is 1.15 bits per heavy atom. The third-order valence-corrected chi connectivity index (χ3v) is 5.21. The van der Waals surface area contributed by atoms with E-state index in [1.165, 1.54) is 12.8 Å². The number of hydrogen-bond acceptors (Lipinski definition) is 5. The first-order valence-electron chi connectivity index (χ1n) is 8.74. The van der Waals surface area contributed by atoms with Crippen molar-refractivity contribution in [1.82, 2.24) is 0 Å². The Morgan fingerprint density at radius 3 is 2.54 bits per heavy atom. The lowest BCUT2D eigenvalue weighted by atomic mass is 10.1. The van der Waals surface area contributed by atoms with Gasteiger partial charge in [0.05, 0.1) is 23.1 Å². The molecule has 1 aliphatic rings. The van der Waals surface area contributed by atoms with E-state index in [1.54, 1.807) is 36.2 Å². The van der Waals surface area contributed by atoms with E-state index in [9.17, 15) is 4.79 Å². The van der Waals surface area contributed by atoms with E-state index < -0.39 is 5.97 Å². The summed E-state index contributed by atoms with van der Waals surface area (Å²) in [6.07, 6.45) is 5.36. The molecule has 0 aliphatic carbocycles. The minimum absolute atomic E-state index is 0.128. The number of carboxylic acids is 1. The molecule has 0 saturated heterocycles. The number of unbranched alkanes of at least 4 members (excludes halogenated alkanes) is 2. The highest BCUT2D eigenvalue weighted by Gasteiger charge is 2.22. The van der Waals surface area contributed by atoms with Crippen LogP contribution in [0, 0.1) is 0 Å². The number of carboxylic acid groups (broad SMARTS) is 1. The van der Waals surface area contributed by atoms with Gasteiger partial charge in [-0.3, -0.25) is 0 Å². The largest absolute Gasteiger partial charge is 0.494 e. The molecule has 0 bridgehead atoms. The molecular formula is C20H22N2O3S. The second-order valence-electron chi connectivity index (χ2n) is 6.04. The summed E-state index contributed by atoms with van der Waals surface area (Å²) in [5, 5.41) is 13.5. The van der Waals surface area contributed by atoms with Gasteiger partial charge in [-0.1, -0.05) is 31.9 Å². The molecule has 0 fully saturated rings. The van der Waals surface area contributed by atoms with Crippen molar-refractivity contribution < 1.29 is 14.6 Å². The molecule has 2 aromatic carbocycles. The molecule has 26 heavy (non-hydrogen) atoms. The van der Waals surface area contributed by atoms with Crippen LogP contribution in [0.1, 0.15) is 47.4 Å². The van der Waals surface area contributed by atoms with E-state index in [2.05, 4.69) is 24.2 Å². The zero-order valence-corrected chi connectivity index (χ0v) is 15.5. The highest BCUT2D eigenvalue weighted by molar-refractivity contribution is 8.01. The number of rotatable bonds is 8. The van der Waals surface area contributed by atoms with Crippen LogP contribution in [0.2, 0.25) is 0 Å². The SMILES string of the molecule is CCCCCOc1ccc(C2C=NN(c3ccc(C(=O)O)cc3)S2)cc1. The molecule has 0 saturated carbocycles. The van der Waals surface area contributed by atoms with E-state index in [1.807, 2.05) is 22.8 Å². The number of nitrogens with zero attached hydrogens (tertiary/aromatic N) is 2. The minimum Gasteiger partial charge on any atom is -0.494 e. The number of hydrogen-bond donors (Lipinski definition) is 1. The second kappa shape index (κ2) is 8.76. The Balaban J connectivity index is 1.56. The number of anilines is 1. The Labute approximate surface area is 157 Å². The monoisotopic (exact) mass is 370 g/mol. The van der Waals surface area contributed by atoms with Crippen LogP contribution in [0.3, 0.4) is 0 Å². The van der Waals surface area contributed by atoms with Crippen molar-refractivity contribution in [3.63, 3.8) is 0 Å². The number of ether oxygens (including phenoxy) is 1.